The van der Waals surface area contributed by atoms with Gasteiger partial charge in [0.05, 0.1) is 11.5 Å². The van der Waals surface area contributed by atoms with Gasteiger partial charge in [-0.15, -0.1) is 0 Å². The van der Waals surface area contributed by atoms with Gasteiger partial charge in [0, 0.05) is 19.0 Å². The number of halogens is 1. The number of aryl methyl sites for hydroxylation is 1. The van der Waals surface area contributed by atoms with E-state index in [0.717, 1.165) is 24.2 Å². The quantitative estimate of drug-likeness (QED) is 0.815. The van der Waals surface area contributed by atoms with Gasteiger partial charge in [-0.2, -0.15) is 4.31 Å². The van der Waals surface area contributed by atoms with Crippen LogP contribution >= 0.6 is 0 Å². The lowest BCUT2D eigenvalue weighted by Gasteiger charge is -2.31. The van der Waals surface area contributed by atoms with Crippen LogP contribution in [0.3, 0.4) is 0 Å². The van der Waals surface area contributed by atoms with Gasteiger partial charge in [0.15, 0.2) is 0 Å². The first-order chi connectivity index (χ1) is 11.9. The van der Waals surface area contributed by atoms with Gasteiger partial charge >= 0.3 is 0 Å². The van der Waals surface area contributed by atoms with Crippen molar-refractivity contribution in [2.75, 3.05) is 19.7 Å². The fourth-order valence-electron chi connectivity index (χ4n) is 3.06. The molecule has 25 heavy (non-hydrogen) atoms. The molecule has 0 aromatic heterocycles. The number of ether oxygens (including phenoxy) is 1. The number of hydrogen-bond acceptors (Lipinski definition) is 3. The van der Waals surface area contributed by atoms with E-state index in [1.807, 2.05) is 31.2 Å². The van der Waals surface area contributed by atoms with E-state index in [1.165, 1.54) is 28.6 Å². The zero-order valence-electron chi connectivity index (χ0n) is 14.2. The van der Waals surface area contributed by atoms with Gasteiger partial charge in [0.25, 0.3) is 0 Å². The lowest BCUT2D eigenvalue weighted by Crippen LogP contribution is -2.41. The normalized spacial score (nSPS) is 18.9. The Bertz CT molecular complexity index is 821. The molecule has 0 radical (unpaired) electrons. The van der Waals surface area contributed by atoms with E-state index in [9.17, 15) is 12.8 Å². The summed E-state index contributed by atoms with van der Waals surface area (Å²) in [5.74, 6) is 0.505. The molecule has 1 aliphatic rings. The maximum atomic E-state index is 13.0. The fraction of sp³-hybridized carbons (Fsp3) is 0.368. The molecule has 0 amide bonds. The number of hydrogen-bond donors (Lipinski definition) is 0. The first-order valence-electron chi connectivity index (χ1n) is 8.40. The molecule has 4 nitrogen and oxygen atoms in total. The zero-order chi connectivity index (χ0) is 17.9. The molecule has 0 bridgehead atoms. The summed E-state index contributed by atoms with van der Waals surface area (Å²) in [6, 6.07) is 12.8. The summed E-state index contributed by atoms with van der Waals surface area (Å²) in [6.45, 7) is 3.40. The lowest BCUT2D eigenvalue weighted by atomic mass is 10.0. The molecule has 3 rings (SSSR count). The van der Waals surface area contributed by atoms with Gasteiger partial charge < -0.3 is 4.74 Å². The van der Waals surface area contributed by atoms with Crippen LogP contribution in [0.4, 0.5) is 4.39 Å². The number of piperidine rings is 1. The third-order valence-electron chi connectivity index (χ3n) is 4.41. The topological polar surface area (TPSA) is 46.6 Å². The molecule has 0 aliphatic carbocycles. The Balaban J connectivity index is 1.65. The Kier molecular flexibility index (Phi) is 5.39. The minimum Gasteiger partial charge on any atom is -0.493 e. The van der Waals surface area contributed by atoms with Crippen LogP contribution in [-0.4, -0.2) is 32.4 Å². The van der Waals surface area contributed by atoms with Gasteiger partial charge in [-0.1, -0.05) is 12.1 Å². The Morgan fingerprint density at radius 2 is 1.96 bits per heavy atom. The van der Waals surface area contributed by atoms with Crippen LogP contribution in [0.5, 0.6) is 5.75 Å². The summed E-state index contributed by atoms with van der Waals surface area (Å²) in [4.78, 5) is 0.133. The van der Waals surface area contributed by atoms with Crippen LogP contribution in [0, 0.1) is 18.7 Å². The Labute approximate surface area is 148 Å². The average Bonchev–Trinajstić information content (AvgIpc) is 2.61. The highest BCUT2D eigenvalue weighted by Crippen LogP contribution is 2.25. The van der Waals surface area contributed by atoms with Crippen molar-refractivity contribution in [2.45, 2.75) is 24.7 Å². The number of nitrogens with zero attached hydrogens (tertiary/aromatic N) is 1. The van der Waals surface area contributed by atoms with Gasteiger partial charge in [-0.05, 0) is 61.7 Å². The van der Waals surface area contributed by atoms with Crippen molar-refractivity contribution >= 4 is 10.0 Å². The van der Waals surface area contributed by atoms with Crippen LogP contribution in [0.1, 0.15) is 18.4 Å². The first kappa shape index (κ1) is 17.9. The number of rotatable bonds is 5. The molecular weight excluding hydrogens is 341 g/mol. The van der Waals surface area contributed by atoms with Crippen molar-refractivity contribution in [3.8, 4) is 5.75 Å². The Morgan fingerprint density at radius 3 is 2.68 bits per heavy atom. The van der Waals surface area contributed by atoms with Crippen molar-refractivity contribution in [3.05, 3.63) is 59.9 Å². The molecule has 1 saturated heterocycles. The van der Waals surface area contributed by atoms with E-state index in [0.29, 0.717) is 19.7 Å². The third kappa shape index (κ3) is 4.38. The van der Waals surface area contributed by atoms with Crippen LogP contribution in [0.2, 0.25) is 0 Å². The largest absolute Gasteiger partial charge is 0.493 e. The second-order valence-electron chi connectivity index (χ2n) is 6.45. The molecule has 134 valence electrons. The predicted octanol–water partition coefficient (Wildman–Crippen LogP) is 3.61. The molecule has 1 unspecified atom stereocenters. The number of benzene rings is 2. The average molecular weight is 363 g/mol. The predicted molar refractivity (Wildman–Crippen MR) is 94.6 cm³/mol. The van der Waals surface area contributed by atoms with Crippen molar-refractivity contribution in [1.82, 2.24) is 4.31 Å². The van der Waals surface area contributed by atoms with E-state index in [2.05, 4.69) is 0 Å². The van der Waals surface area contributed by atoms with E-state index in [1.54, 1.807) is 0 Å². The molecule has 0 N–H and O–H groups in total. The van der Waals surface area contributed by atoms with Crippen molar-refractivity contribution in [1.29, 1.82) is 0 Å². The summed E-state index contributed by atoms with van der Waals surface area (Å²) >= 11 is 0. The van der Waals surface area contributed by atoms with E-state index in [-0.39, 0.29) is 10.8 Å². The van der Waals surface area contributed by atoms with Gasteiger partial charge in [0.1, 0.15) is 11.6 Å². The summed E-state index contributed by atoms with van der Waals surface area (Å²) < 4.78 is 45.8. The van der Waals surface area contributed by atoms with Crippen LogP contribution in [0.25, 0.3) is 0 Å². The van der Waals surface area contributed by atoms with Gasteiger partial charge in [-0.25, -0.2) is 12.8 Å². The molecule has 1 aliphatic heterocycles. The molecule has 2 aromatic rings. The maximum Gasteiger partial charge on any atom is 0.243 e. The monoisotopic (exact) mass is 363 g/mol. The van der Waals surface area contributed by atoms with Crippen LogP contribution in [0.15, 0.2) is 53.4 Å². The fourth-order valence-corrected chi connectivity index (χ4v) is 4.61. The summed E-state index contributed by atoms with van der Waals surface area (Å²) in [6.07, 6.45) is 1.73. The number of sulfonamides is 1. The van der Waals surface area contributed by atoms with E-state index in [4.69, 9.17) is 4.74 Å². The molecule has 1 heterocycles. The van der Waals surface area contributed by atoms with Crippen molar-refractivity contribution in [3.63, 3.8) is 0 Å². The second kappa shape index (κ2) is 7.54. The van der Waals surface area contributed by atoms with Crippen molar-refractivity contribution < 1.29 is 17.5 Å². The molecule has 1 fully saturated rings. The standard InChI is InChI=1S/C19H22FNO3S/c1-15-4-2-6-18(12-15)24-14-16-5-3-11-21(13-16)25(22,23)19-9-7-17(20)8-10-19/h2,4,6-10,12,16H,3,5,11,13-14H2,1H3. The summed E-state index contributed by atoms with van der Waals surface area (Å²) in [5, 5.41) is 0. The van der Waals surface area contributed by atoms with Crippen molar-refractivity contribution in [2.24, 2.45) is 5.92 Å². The zero-order valence-corrected chi connectivity index (χ0v) is 15.0. The molecule has 0 spiro atoms. The molecule has 6 heteroatoms. The molecular formula is C19H22FNO3S. The minimum atomic E-state index is -3.59. The highest BCUT2D eigenvalue weighted by atomic mass is 32.2. The molecule has 1 atom stereocenters. The SMILES string of the molecule is Cc1cccc(OCC2CCCN(S(=O)(=O)c3ccc(F)cc3)C2)c1. The molecule has 2 aromatic carbocycles. The van der Waals surface area contributed by atoms with Gasteiger partial charge in [-0.3, -0.25) is 0 Å². The van der Waals surface area contributed by atoms with E-state index < -0.39 is 15.8 Å². The Hall–Kier alpha value is -1.92. The van der Waals surface area contributed by atoms with E-state index >= 15 is 0 Å². The minimum absolute atomic E-state index is 0.133. The first-order valence-corrected chi connectivity index (χ1v) is 9.84. The summed E-state index contributed by atoms with van der Waals surface area (Å²) in [7, 11) is -3.59. The highest BCUT2D eigenvalue weighted by molar-refractivity contribution is 7.89. The molecule has 0 saturated carbocycles. The Morgan fingerprint density at radius 1 is 1.20 bits per heavy atom. The maximum absolute atomic E-state index is 13.0. The summed E-state index contributed by atoms with van der Waals surface area (Å²) in [5.41, 5.74) is 1.13. The third-order valence-corrected chi connectivity index (χ3v) is 6.29. The lowest BCUT2D eigenvalue weighted by molar-refractivity contribution is 0.180. The van der Waals surface area contributed by atoms with Crippen LogP contribution < -0.4 is 4.74 Å². The van der Waals surface area contributed by atoms with Crippen LogP contribution in [-0.2, 0) is 10.0 Å². The second-order valence-corrected chi connectivity index (χ2v) is 8.39. The highest BCUT2D eigenvalue weighted by Gasteiger charge is 2.30. The smallest absolute Gasteiger partial charge is 0.243 e. The van der Waals surface area contributed by atoms with Gasteiger partial charge in [0.2, 0.25) is 10.0 Å².